The monoisotopic (exact) mass is 198 g/mol. The molecule has 1 heterocycles. The Hall–Kier alpha value is -0.900. The molecule has 0 aromatic heterocycles. The number of hydrogen-bond acceptors (Lipinski definition) is 3. The first kappa shape index (κ1) is 11.2. The van der Waals surface area contributed by atoms with Gasteiger partial charge in [-0.2, -0.15) is 0 Å². The summed E-state index contributed by atoms with van der Waals surface area (Å²) in [5.41, 5.74) is 5.33. The molecule has 1 unspecified atom stereocenters. The molecule has 0 bridgehead atoms. The number of Topliss-reactive ketones (excluding diaryl/α,β-unsaturated/α-hetero) is 1. The Morgan fingerprint density at radius 2 is 2.07 bits per heavy atom. The number of carbonyl (C=O) groups excluding carboxylic acids is 2. The van der Waals surface area contributed by atoms with Gasteiger partial charge in [-0.25, -0.2) is 0 Å². The molecule has 0 radical (unpaired) electrons. The standard InChI is InChI=1S/C10H18N2O2/c1-8(13)12-6-4-2-3-5-9(12)10(14)7-11/h9H,2-7,11H2,1H3. The first-order valence-corrected chi connectivity index (χ1v) is 5.17. The number of carbonyl (C=O) groups is 2. The van der Waals surface area contributed by atoms with Crippen LogP contribution >= 0.6 is 0 Å². The Labute approximate surface area is 84.4 Å². The molecule has 4 heteroatoms. The molecular weight excluding hydrogens is 180 g/mol. The first-order chi connectivity index (χ1) is 6.66. The number of nitrogens with zero attached hydrogens (tertiary/aromatic N) is 1. The largest absolute Gasteiger partial charge is 0.333 e. The van der Waals surface area contributed by atoms with Gasteiger partial charge in [0.25, 0.3) is 0 Å². The van der Waals surface area contributed by atoms with E-state index >= 15 is 0 Å². The van der Waals surface area contributed by atoms with Crippen molar-refractivity contribution in [2.24, 2.45) is 5.73 Å². The van der Waals surface area contributed by atoms with Crippen LogP contribution in [0.4, 0.5) is 0 Å². The van der Waals surface area contributed by atoms with Crippen LogP contribution in [0.1, 0.15) is 32.6 Å². The second kappa shape index (κ2) is 5.10. The molecule has 14 heavy (non-hydrogen) atoms. The number of rotatable bonds is 2. The van der Waals surface area contributed by atoms with Gasteiger partial charge in [0.2, 0.25) is 5.91 Å². The maximum Gasteiger partial charge on any atom is 0.220 e. The molecule has 1 saturated heterocycles. The predicted octanol–water partition coefficient (Wildman–Crippen LogP) is 0.305. The third kappa shape index (κ3) is 2.54. The zero-order chi connectivity index (χ0) is 10.6. The quantitative estimate of drug-likeness (QED) is 0.694. The lowest BCUT2D eigenvalue weighted by molar-refractivity contribution is -0.137. The Bertz CT molecular complexity index is 228. The third-order valence-electron chi connectivity index (χ3n) is 2.73. The van der Waals surface area contributed by atoms with Crippen molar-refractivity contribution in [2.75, 3.05) is 13.1 Å². The van der Waals surface area contributed by atoms with Crippen molar-refractivity contribution in [1.82, 2.24) is 4.90 Å². The maximum absolute atomic E-state index is 11.5. The average molecular weight is 198 g/mol. The Balaban J connectivity index is 2.73. The van der Waals surface area contributed by atoms with Gasteiger partial charge in [0.05, 0.1) is 12.6 Å². The molecule has 1 aliphatic rings. The van der Waals surface area contributed by atoms with Gasteiger partial charge < -0.3 is 10.6 Å². The van der Waals surface area contributed by atoms with Gasteiger partial charge in [0.1, 0.15) is 0 Å². The predicted molar refractivity (Wildman–Crippen MR) is 53.7 cm³/mol. The Morgan fingerprint density at radius 1 is 1.36 bits per heavy atom. The summed E-state index contributed by atoms with van der Waals surface area (Å²) in [5, 5.41) is 0. The molecule has 4 nitrogen and oxygen atoms in total. The van der Waals surface area contributed by atoms with E-state index in [-0.39, 0.29) is 24.3 Å². The summed E-state index contributed by atoms with van der Waals surface area (Å²) in [5.74, 6) is -0.0270. The lowest BCUT2D eigenvalue weighted by Gasteiger charge is -2.27. The van der Waals surface area contributed by atoms with E-state index in [9.17, 15) is 9.59 Å². The van der Waals surface area contributed by atoms with Crippen LogP contribution in [0.3, 0.4) is 0 Å². The Morgan fingerprint density at radius 3 is 2.64 bits per heavy atom. The van der Waals surface area contributed by atoms with E-state index in [4.69, 9.17) is 5.73 Å². The fourth-order valence-corrected chi connectivity index (χ4v) is 1.96. The maximum atomic E-state index is 11.5. The van der Waals surface area contributed by atoms with E-state index in [0.29, 0.717) is 6.54 Å². The highest BCUT2D eigenvalue weighted by Crippen LogP contribution is 2.17. The lowest BCUT2D eigenvalue weighted by Crippen LogP contribution is -2.45. The fourth-order valence-electron chi connectivity index (χ4n) is 1.96. The van der Waals surface area contributed by atoms with Crippen LogP contribution in [0.25, 0.3) is 0 Å². The van der Waals surface area contributed by atoms with Gasteiger partial charge >= 0.3 is 0 Å². The molecule has 80 valence electrons. The van der Waals surface area contributed by atoms with Gasteiger partial charge in [-0.15, -0.1) is 0 Å². The summed E-state index contributed by atoms with van der Waals surface area (Å²) in [7, 11) is 0. The van der Waals surface area contributed by atoms with Crippen LogP contribution in [0.2, 0.25) is 0 Å². The highest BCUT2D eigenvalue weighted by Gasteiger charge is 2.27. The molecule has 0 aromatic rings. The second-order valence-electron chi connectivity index (χ2n) is 3.75. The molecule has 0 aromatic carbocycles. The number of amides is 1. The van der Waals surface area contributed by atoms with Crippen molar-refractivity contribution >= 4 is 11.7 Å². The molecule has 0 aliphatic carbocycles. The minimum atomic E-state index is -0.264. The van der Waals surface area contributed by atoms with Gasteiger partial charge in [-0.3, -0.25) is 9.59 Å². The zero-order valence-electron chi connectivity index (χ0n) is 8.66. The van der Waals surface area contributed by atoms with Crippen LogP contribution in [-0.4, -0.2) is 35.7 Å². The third-order valence-corrected chi connectivity index (χ3v) is 2.73. The topological polar surface area (TPSA) is 63.4 Å². The van der Waals surface area contributed by atoms with Crippen molar-refractivity contribution in [1.29, 1.82) is 0 Å². The summed E-state index contributed by atoms with van der Waals surface area (Å²) in [6, 6.07) is -0.264. The molecule has 0 spiro atoms. The van der Waals surface area contributed by atoms with E-state index in [2.05, 4.69) is 0 Å². The van der Waals surface area contributed by atoms with Crippen molar-refractivity contribution in [2.45, 2.75) is 38.6 Å². The molecule has 1 rings (SSSR count). The molecule has 1 fully saturated rings. The lowest BCUT2D eigenvalue weighted by atomic mass is 10.1. The van der Waals surface area contributed by atoms with E-state index in [1.54, 1.807) is 4.90 Å². The average Bonchev–Trinajstić information content (AvgIpc) is 2.41. The van der Waals surface area contributed by atoms with E-state index in [1.165, 1.54) is 6.92 Å². The van der Waals surface area contributed by atoms with E-state index in [0.717, 1.165) is 25.7 Å². The molecular formula is C10H18N2O2. The van der Waals surface area contributed by atoms with Crippen LogP contribution in [-0.2, 0) is 9.59 Å². The van der Waals surface area contributed by atoms with E-state index in [1.807, 2.05) is 0 Å². The summed E-state index contributed by atoms with van der Waals surface area (Å²) in [6.07, 6.45) is 3.88. The molecule has 2 N–H and O–H groups in total. The van der Waals surface area contributed by atoms with Crippen LogP contribution in [0, 0.1) is 0 Å². The molecule has 1 amide bonds. The molecule has 0 saturated carbocycles. The second-order valence-corrected chi connectivity index (χ2v) is 3.75. The van der Waals surface area contributed by atoms with Crippen molar-refractivity contribution in [3.05, 3.63) is 0 Å². The minimum Gasteiger partial charge on any atom is -0.333 e. The van der Waals surface area contributed by atoms with Crippen LogP contribution in [0.15, 0.2) is 0 Å². The molecule has 1 aliphatic heterocycles. The minimum absolute atomic E-state index is 0.0119. The van der Waals surface area contributed by atoms with Crippen LogP contribution in [0.5, 0.6) is 0 Å². The van der Waals surface area contributed by atoms with Gasteiger partial charge in [0, 0.05) is 13.5 Å². The van der Waals surface area contributed by atoms with Gasteiger partial charge in [-0.05, 0) is 12.8 Å². The summed E-state index contributed by atoms with van der Waals surface area (Å²) < 4.78 is 0. The highest BCUT2D eigenvalue weighted by molar-refractivity contribution is 5.89. The first-order valence-electron chi connectivity index (χ1n) is 5.17. The normalized spacial score (nSPS) is 23.0. The van der Waals surface area contributed by atoms with E-state index < -0.39 is 0 Å². The number of ketones is 1. The van der Waals surface area contributed by atoms with Crippen LogP contribution < -0.4 is 5.73 Å². The zero-order valence-corrected chi connectivity index (χ0v) is 8.66. The van der Waals surface area contributed by atoms with Gasteiger partial charge in [-0.1, -0.05) is 12.8 Å². The fraction of sp³-hybridized carbons (Fsp3) is 0.800. The number of nitrogens with two attached hydrogens (primary N) is 1. The summed E-state index contributed by atoms with van der Waals surface area (Å²) in [6.45, 7) is 2.25. The SMILES string of the molecule is CC(=O)N1CCCCCC1C(=O)CN. The van der Waals surface area contributed by atoms with Crippen molar-refractivity contribution in [3.63, 3.8) is 0 Å². The van der Waals surface area contributed by atoms with Crippen molar-refractivity contribution < 1.29 is 9.59 Å². The smallest absolute Gasteiger partial charge is 0.220 e. The van der Waals surface area contributed by atoms with Gasteiger partial charge in [0.15, 0.2) is 5.78 Å². The number of likely N-dealkylation sites (tertiary alicyclic amines) is 1. The highest BCUT2D eigenvalue weighted by atomic mass is 16.2. The summed E-state index contributed by atoms with van der Waals surface area (Å²) >= 11 is 0. The number of hydrogen-bond donors (Lipinski definition) is 1. The molecule has 1 atom stereocenters. The summed E-state index contributed by atoms with van der Waals surface area (Å²) in [4.78, 5) is 24.5. The Kier molecular flexibility index (Phi) is 4.07. The van der Waals surface area contributed by atoms with Crippen molar-refractivity contribution in [3.8, 4) is 0 Å².